The van der Waals surface area contributed by atoms with Gasteiger partial charge in [-0.15, -0.1) is 0 Å². The lowest BCUT2D eigenvalue weighted by Crippen LogP contribution is -2.40. The van der Waals surface area contributed by atoms with Crippen molar-refractivity contribution in [3.05, 3.63) is 0 Å². The number of piperidine rings is 1. The lowest BCUT2D eigenvalue weighted by Gasteiger charge is -2.22. The van der Waals surface area contributed by atoms with Crippen molar-refractivity contribution >= 4 is 10.2 Å². The van der Waals surface area contributed by atoms with Crippen molar-refractivity contribution in [3.63, 3.8) is 0 Å². The van der Waals surface area contributed by atoms with Gasteiger partial charge in [-0.1, -0.05) is 13.8 Å². The van der Waals surface area contributed by atoms with Gasteiger partial charge in [0.05, 0.1) is 0 Å². The molecule has 6 heteroatoms. The third kappa shape index (κ3) is 6.98. The molecule has 102 valence electrons. The third-order valence-electron chi connectivity index (χ3n) is 2.93. The summed E-state index contributed by atoms with van der Waals surface area (Å²) in [6.45, 7) is 7.09. The van der Waals surface area contributed by atoms with Crippen LogP contribution in [0.15, 0.2) is 0 Å². The maximum Gasteiger partial charge on any atom is 0.276 e. The fraction of sp³-hybridized carbons (Fsp3) is 1.00. The lowest BCUT2D eigenvalue weighted by molar-refractivity contribution is 0.358. The number of hydrogen-bond donors (Lipinski definition) is 3. The van der Waals surface area contributed by atoms with E-state index in [-0.39, 0.29) is 0 Å². The molecule has 1 saturated heterocycles. The summed E-state index contributed by atoms with van der Waals surface area (Å²) in [6.07, 6.45) is 3.31. The highest BCUT2D eigenvalue weighted by Crippen LogP contribution is 2.12. The molecular formula is C11H25N3O2S. The van der Waals surface area contributed by atoms with Crippen LogP contribution in [0.4, 0.5) is 0 Å². The van der Waals surface area contributed by atoms with Crippen molar-refractivity contribution in [1.82, 2.24) is 14.8 Å². The zero-order valence-electron chi connectivity index (χ0n) is 10.8. The molecule has 1 unspecified atom stereocenters. The summed E-state index contributed by atoms with van der Waals surface area (Å²) >= 11 is 0. The molecule has 3 N–H and O–H groups in total. The maximum absolute atomic E-state index is 11.5. The summed E-state index contributed by atoms with van der Waals surface area (Å²) < 4.78 is 28.2. The van der Waals surface area contributed by atoms with Crippen LogP contribution in [-0.2, 0) is 10.2 Å². The molecule has 1 heterocycles. The zero-order valence-corrected chi connectivity index (χ0v) is 11.6. The van der Waals surface area contributed by atoms with Crippen LogP contribution in [0, 0.1) is 11.8 Å². The minimum atomic E-state index is -3.30. The summed E-state index contributed by atoms with van der Waals surface area (Å²) in [5, 5.41) is 3.33. The molecule has 0 aromatic heterocycles. The first kappa shape index (κ1) is 14.9. The van der Waals surface area contributed by atoms with Gasteiger partial charge in [0, 0.05) is 13.1 Å². The van der Waals surface area contributed by atoms with E-state index in [1.807, 2.05) is 13.8 Å². The monoisotopic (exact) mass is 263 g/mol. The van der Waals surface area contributed by atoms with Crippen molar-refractivity contribution in [1.29, 1.82) is 0 Å². The Kier molecular flexibility index (Phi) is 6.40. The average Bonchev–Trinajstić information content (AvgIpc) is 2.28. The van der Waals surface area contributed by atoms with E-state index in [1.54, 1.807) is 0 Å². The van der Waals surface area contributed by atoms with E-state index >= 15 is 0 Å². The molecule has 5 nitrogen and oxygen atoms in total. The standard InChI is InChI=1S/C11H25N3O2S/c1-10(2)8-14-17(15,16)13-7-5-11-4-3-6-12-9-11/h10-14H,3-9H2,1-2H3. The van der Waals surface area contributed by atoms with Gasteiger partial charge >= 0.3 is 0 Å². The van der Waals surface area contributed by atoms with Gasteiger partial charge in [0.15, 0.2) is 0 Å². The summed E-state index contributed by atoms with van der Waals surface area (Å²) in [4.78, 5) is 0. The number of nitrogens with one attached hydrogen (secondary N) is 3. The Labute approximate surface area is 105 Å². The smallest absolute Gasteiger partial charge is 0.276 e. The van der Waals surface area contributed by atoms with Crippen molar-refractivity contribution in [3.8, 4) is 0 Å². The quantitative estimate of drug-likeness (QED) is 0.625. The van der Waals surface area contributed by atoms with E-state index in [2.05, 4.69) is 14.8 Å². The molecule has 0 amide bonds. The van der Waals surface area contributed by atoms with Crippen LogP contribution in [0.25, 0.3) is 0 Å². The minimum absolute atomic E-state index is 0.328. The van der Waals surface area contributed by atoms with E-state index in [4.69, 9.17) is 0 Å². The second-order valence-corrected chi connectivity index (χ2v) is 6.73. The van der Waals surface area contributed by atoms with Crippen LogP contribution in [0.2, 0.25) is 0 Å². The summed E-state index contributed by atoms with van der Waals surface area (Å²) in [7, 11) is -3.30. The molecule has 17 heavy (non-hydrogen) atoms. The Bertz CT molecular complexity index is 298. The Morgan fingerprint density at radius 2 is 2.12 bits per heavy atom. The van der Waals surface area contributed by atoms with Gasteiger partial charge in [0.2, 0.25) is 0 Å². The Hall–Kier alpha value is -0.170. The van der Waals surface area contributed by atoms with Crippen molar-refractivity contribution < 1.29 is 8.42 Å². The van der Waals surface area contributed by atoms with Crippen molar-refractivity contribution in [2.45, 2.75) is 33.1 Å². The summed E-state index contributed by atoms with van der Waals surface area (Å²) in [6, 6.07) is 0. The van der Waals surface area contributed by atoms with E-state index in [9.17, 15) is 8.42 Å². The molecule has 0 spiro atoms. The molecule has 1 rings (SSSR count). The highest BCUT2D eigenvalue weighted by atomic mass is 32.2. The Morgan fingerprint density at radius 3 is 2.71 bits per heavy atom. The zero-order chi connectivity index (χ0) is 12.7. The van der Waals surface area contributed by atoms with Crippen LogP contribution in [0.5, 0.6) is 0 Å². The Balaban J connectivity index is 2.15. The average molecular weight is 263 g/mol. The van der Waals surface area contributed by atoms with E-state index in [1.165, 1.54) is 12.8 Å². The van der Waals surface area contributed by atoms with Gasteiger partial charge in [-0.3, -0.25) is 0 Å². The second-order valence-electron chi connectivity index (χ2n) is 5.14. The van der Waals surface area contributed by atoms with E-state index in [0.29, 0.717) is 24.9 Å². The molecule has 0 aromatic carbocycles. The molecule has 0 aromatic rings. The molecule has 1 aliphatic heterocycles. The van der Waals surface area contributed by atoms with Crippen molar-refractivity contribution in [2.75, 3.05) is 26.2 Å². The first-order valence-electron chi connectivity index (χ1n) is 6.44. The first-order chi connectivity index (χ1) is 7.99. The second kappa shape index (κ2) is 7.31. The van der Waals surface area contributed by atoms with Gasteiger partial charge in [0.1, 0.15) is 0 Å². The molecule has 0 bridgehead atoms. The molecule has 1 atom stereocenters. The van der Waals surface area contributed by atoms with E-state index in [0.717, 1.165) is 19.5 Å². The first-order valence-corrected chi connectivity index (χ1v) is 7.93. The normalized spacial score (nSPS) is 21.9. The van der Waals surface area contributed by atoms with Crippen LogP contribution in [-0.4, -0.2) is 34.6 Å². The minimum Gasteiger partial charge on any atom is -0.316 e. The molecule has 1 fully saturated rings. The fourth-order valence-electron chi connectivity index (χ4n) is 1.90. The highest BCUT2D eigenvalue weighted by molar-refractivity contribution is 7.87. The van der Waals surface area contributed by atoms with Gasteiger partial charge in [0.25, 0.3) is 10.2 Å². The summed E-state index contributed by atoms with van der Waals surface area (Å²) in [5.41, 5.74) is 0. The molecular weight excluding hydrogens is 238 g/mol. The largest absolute Gasteiger partial charge is 0.316 e. The van der Waals surface area contributed by atoms with Crippen LogP contribution in [0.3, 0.4) is 0 Å². The van der Waals surface area contributed by atoms with Gasteiger partial charge in [-0.25, -0.2) is 9.44 Å². The van der Waals surface area contributed by atoms with Gasteiger partial charge < -0.3 is 5.32 Å². The predicted octanol–water partition coefficient (Wildman–Crippen LogP) is 0.456. The molecule has 0 radical (unpaired) electrons. The maximum atomic E-state index is 11.5. The highest BCUT2D eigenvalue weighted by Gasteiger charge is 2.14. The van der Waals surface area contributed by atoms with Crippen LogP contribution >= 0.6 is 0 Å². The number of hydrogen-bond acceptors (Lipinski definition) is 3. The van der Waals surface area contributed by atoms with E-state index < -0.39 is 10.2 Å². The summed E-state index contributed by atoms with van der Waals surface area (Å²) in [5.74, 6) is 0.936. The topological polar surface area (TPSA) is 70.2 Å². The van der Waals surface area contributed by atoms with Crippen molar-refractivity contribution in [2.24, 2.45) is 11.8 Å². The van der Waals surface area contributed by atoms with Crippen LogP contribution < -0.4 is 14.8 Å². The molecule has 1 aliphatic rings. The molecule has 0 aliphatic carbocycles. The number of rotatable bonds is 7. The third-order valence-corrected chi connectivity index (χ3v) is 4.06. The fourth-order valence-corrected chi connectivity index (χ4v) is 2.94. The Morgan fingerprint density at radius 1 is 1.35 bits per heavy atom. The van der Waals surface area contributed by atoms with Gasteiger partial charge in [-0.05, 0) is 44.2 Å². The van der Waals surface area contributed by atoms with Crippen LogP contribution in [0.1, 0.15) is 33.1 Å². The van der Waals surface area contributed by atoms with Gasteiger partial charge in [-0.2, -0.15) is 8.42 Å². The lowest BCUT2D eigenvalue weighted by atomic mass is 9.96. The molecule has 0 saturated carbocycles. The SMILES string of the molecule is CC(C)CNS(=O)(=O)NCCC1CCCNC1. The predicted molar refractivity (Wildman–Crippen MR) is 70.0 cm³/mol.